The third-order valence-corrected chi connectivity index (χ3v) is 2.79. The molecule has 0 aliphatic carbocycles. The second-order valence-electron chi connectivity index (χ2n) is 3.91. The monoisotopic (exact) mass is 225 g/mol. The highest BCUT2D eigenvalue weighted by molar-refractivity contribution is 5.79. The van der Waals surface area contributed by atoms with Gasteiger partial charge in [-0.2, -0.15) is 0 Å². The largest absolute Gasteiger partial charge is 0.508 e. The van der Waals surface area contributed by atoms with Crippen molar-refractivity contribution in [1.82, 2.24) is 14.5 Å². The maximum atomic E-state index is 9.49. The standard InChI is InChI=1S/C13H11N3O/c1-16-12-8-14-6-5-11(12)15-13(16)9-3-2-4-10(17)7-9/h2-8,17H,1H3. The van der Waals surface area contributed by atoms with Crippen LogP contribution in [0.1, 0.15) is 0 Å². The molecule has 0 saturated carbocycles. The first kappa shape index (κ1) is 9.84. The summed E-state index contributed by atoms with van der Waals surface area (Å²) in [5, 5.41) is 9.49. The second kappa shape index (κ2) is 3.59. The summed E-state index contributed by atoms with van der Waals surface area (Å²) in [5.41, 5.74) is 2.77. The van der Waals surface area contributed by atoms with Gasteiger partial charge in [0.05, 0.1) is 17.2 Å². The number of imidazole rings is 1. The summed E-state index contributed by atoms with van der Waals surface area (Å²) in [4.78, 5) is 8.62. The number of aryl methyl sites for hydroxylation is 1. The first-order valence-electron chi connectivity index (χ1n) is 5.31. The third kappa shape index (κ3) is 1.54. The lowest BCUT2D eigenvalue weighted by Crippen LogP contribution is -1.92. The van der Waals surface area contributed by atoms with Crippen LogP contribution in [0.15, 0.2) is 42.7 Å². The second-order valence-corrected chi connectivity index (χ2v) is 3.91. The van der Waals surface area contributed by atoms with E-state index in [1.165, 1.54) is 0 Å². The fourth-order valence-electron chi connectivity index (χ4n) is 1.94. The molecule has 4 heteroatoms. The normalized spacial score (nSPS) is 10.9. The van der Waals surface area contributed by atoms with Crippen molar-refractivity contribution in [3.05, 3.63) is 42.7 Å². The van der Waals surface area contributed by atoms with Crippen molar-refractivity contribution in [1.29, 1.82) is 0 Å². The Morgan fingerprint density at radius 1 is 1.24 bits per heavy atom. The van der Waals surface area contributed by atoms with Crippen LogP contribution < -0.4 is 0 Å². The lowest BCUT2D eigenvalue weighted by Gasteiger charge is -2.02. The lowest BCUT2D eigenvalue weighted by atomic mass is 10.2. The molecule has 4 nitrogen and oxygen atoms in total. The number of hydrogen-bond donors (Lipinski definition) is 1. The minimum atomic E-state index is 0.243. The zero-order chi connectivity index (χ0) is 11.8. The summed E-state index contributed by atoms with van der Waals surface area (Å²) in [7, 11) is 1.94. The van der Waals surface area contributed by atoms with Crippen LogP contribution in [-0.4, -0.2) is 19.6 Å². The highest BCUT2D eigenvalue weighted by atomic mass is 16.3. The molecule has 2 aromatic heterocycles. The van der Waals surface area contributed by atoms with Gasteiger partial charge in [0.2, 0.25) is 0 Å². The van der Waals surface area contributed by atoms with Gasteiger partial charge in [-0.3, -0.25) is 4.98 Å². The first-order chi connectivity index (χ1) is 8.25. The van der Waals surface area contributed by atoms with Crippen LogP contribution in [0.5, 0.6) is 5.75 Å². The molecule has 1 N–H and O–H groups in total. The molecule has 0 saturated heterocycles. The van der Waals surface area contributed by atoms with E-state index in [9.17, 15) is 5.11 Å². The Morgan fingerprint density at radius 2 is 2.12 bits per heavy atom. The quantitative estimate of drug-likeness (QED) is 0.691. The molecule has 3 rings (SSSR count). The third-order valence-electron chi connectivity index (χ3n) is 2.79. The Balaban J connectivity index is 2.27. The predicted molar refractivity (Wildman–Crippen MR) is 65.6 cm³/mol. The van der Waals surface area contributed by atoms with Gasteiger partial charge in [0.15, 0.2) is 0 Å². The molecule has 0 spiro atoms. The van der Waals surface area contributed by atoms with Gasteiger partial charge in [-0.25, -0.2) is 4.98 Å². The first-order valence-corrected chi connectivity index (χ1v) is 5.31. The molecule has 3 aromatic rings. The van der Waals surface area contributed by atoms with Crippen molar-refractivity contribution in [2.45, 2.75) is 0 Å². The van der Waals surface area contributed by atoms with Crippen molar-refractivity contribution >= 4 is 11.0 Å². The van der Waals surface area contributed by atoms with Gasteiger partial charge >= 0.3 is 0 Å². The Kier molecular flexibility index (Phi) is 2.08. The summed E-state index contributed by atoms with van der Waals surface area (Å²) < 4.78 is 1.97. The van der Waals surface area contributed by atoms with Crippen molar-refractivity contribution in [2.24, 2.45) is 7.05 Å². The van der Waals surface area contributed by atoms with Gasteiger partial charge < -0.3 is 9.67 Å². The Hall–Kier alpha value is -2.36. The SMILES string of the molecule is Cn1c(-c2cccc(O)c2)nc2ccncc21. The number of nitrogens with zero attached hydrogens (tertiary/aromatic N) is 3. The van der Waals surface area contributed by atoms with E-state index < -0.39 is 0 Å². The molecule has 0 amide bonds. The molecule has 0 aliphatic rings. The minimum absolute atomic E-state index is 0.243. The number of benzene rings is 1. The fraction of sp³-hybridized carbons (Fsp3) is 0.0769. The van der Waals surface area contributed by atoms with E-state index in [0.717, 1.165) is 22.4 Å². The van der Waals surface area contributed by atoms with Gasteiger partial charge in [0.1, 0.15) is 11.6 Å². The smallest absolute Gasteiger partial charge is 0.141 e. The number of hydrogen-bond acceptors (Lipinski definition) is 3. The van der Waals surface area contributed by atoms with Crippen LogP contribution in [-0.2, 0) is 7.05 Å². The molecule has 0 radical (unpaired) electrons. The van der Waals surface area contributed by atoms with E-state index in [1.807, 2.05) is 29.8 Å². The van der Waals surface area contributed by atoms with Gasteiger partial charge in [-0.1, -0.05) is 12.1 Å². The molecule has 0 bridgehead atoms. The number of fused-ring (bicyclic) bond motifs is 1. The average molecular weight is 225 g/mol. The van der Waals surface area contributed by atoms with Crippen molar-refractivity contribution < 1.29 is 5.11 Å². The van der Waals surface area contributed by atoms with E-state index in [-0.39, 0.29) is 5.75 Å². The zero-order valence-electron chi connectivity index (χ0n) is 9.33. The van der Waals surface area contributed by atoms with Gasteiger partial charge in [-0.05, 0) is 18.2 Å². The molecular formula is C13H11N3O. The lowest BCUT2D eigenvalue weighted by molar-refractivity contribution is 0.475. The van der Waals surface area contributed by atoms with E-state index in [2.05, 4.69) is 9.97 Å². The topological polar surface area (TPSA) is 50.9 Å². The van der Waals surface area contributed by atoms with E-state index in [0.29, 0.717) is 0 Å². The van der Waals surface area contributed by atoms with Gasteiger partial charge in [-0.15, -0.1) is 0 Å². The van der Waals surface area contributed by atoms with Crippen LogP contribution >= 0.6 is 0 Å². The number of aromatic nitrogens is 3. The number of rotatable bonds is 1. The molecule has 0 atom stereocenters. The summed E-state index contributed by atoms with van der Waals surface area (Å²) in [6.45, 7) is 0. The maximum Gasteiger partial charge on any atom is 0.141 e. The van der Waals surface area contributed by atoms with Crippen LogP contribution in [0.3, 0.4) is 0 Å². The van der Waals surface area contributed by atoms with E-state index in [1.54, 1.807) is 24.5 Å². The number of phenolic OH excluding ortho intramolecular Hbond substituents is 1. The summed E-state index contributed by atoms with van der Waals surface area (Å²) in [5.74, 6) is 1.07. The molecule has 17 heavy (non-hydrogen) atoms. The Labute approximate surface area is 98.2 Å². The van der Waals surface area contributed by atoms with Crippen LogP contribution in [0.25, 0.3) is 22.4 Å². The maximum absolute atomic E-state index is 9.49. The number of pyridine rings is 1. The van der Waals surface area contributed by atoms with Gasteiger partial charge in [0.25, 0.3) is 0 Å². The fourth-order valence-corrected chi connectivity index (χ4v) is 1.94. The summed E-state index contributed by atoms with van der Waals surface area (Å²) >= 11 is 0. The molecule has 1 aromatic carbocycles. The number of aromatic hydroxyl groups is 1. The predicted octanol–water partition coefficient (Wildman–Crippen LogP) is 2.34. The highest BCUT2D eigenvalue weighted by Gasteiger charge is 2.09. The molecule has 0 fully saturated rings. The van der Waals surface area contributed by atoms with Gasteiger partial charge in [0, 0.05) is 18.8 Å². The van der Waals surface area contributed by atoms with Crippen molar-refractivity contribution in [3.63, 3.8) is 0 Å². The summed E-state index contributed by atoms with van der Waals surface area (Å²) in [6.07, 6.45) is 3.51. The number of phenols is 1. The van der Waals surface area contributed by atoms with E-state index >= 15 is 0 Å². The highest BCUT2D eigenvalue weighted by Crippen LogP contribution is 2.25. The van der Waals surface area contributed by atoms with Crippen LogP contribution in [0, 0.1) is 0 Å². The van der Waals surface area contributed by atoms with Crippen molar-refractivity contribution in [2.75, 3.05) is 0 Å². The zero-order valence-corrected chi connectivity index (χ0v) is 9.33. The molecular weight excluding hydrogens is 214 g/mol. The van der Waals surface area contributed by atoms with Crippen LogP contribution in [0.4, 0.5) is 0 Å². The van der Waals surface area contributed by atoms with E-state index in [4.69, 9.17) is 0 Å². The van der Waals surface area contributed by atoms with Crippen LogP contribution in [0.2, 0.25) is 0 Å². The molecule has 0 unspecified atom stereocenters. The van der Waals surface area contributed by atoms with Crippen molar-refractivity contribution in [3.8, 4) is 17.1 Å². The molecule has 0 aliphatic heterocycles. The minimum Gasteiger partial charge on any atom is -0.508 e. The average Bonchev–Trinajstić information content (AvgIpc) is 2.68. The Bertz CT molecular complexity index is 688. The molecule has 2 heterocycles. The Morgan fingerprint density at radius 3 is 2.88 bits per heavy atom. The molecule has 84 valence electrons. The summed E-state index contributed by atoms with van der Waals surface area (Å²) in [6, 6.07) is 8.96.